The molecule has 0 unspecified atom stereocenters. The third-order valence-corrected chi connectivity index (χ3v) is 3.76. The van der Waals surface area contributed by atoms with Crippen LogP contribution >= 0.6 is 0 Å². The van der Waals surface area contributed by atoms with Crippen molar-refractivity contribution in [3.05, 3.63) is 35.9 Å². The van der Waals surface area contributed by atoms with Crippen molar-refractivity contribution in [3.8, 4) is 0 Å². The van der Waals surface area contributed by atoms with Gasteiger partial charge in [-0.15, -0.1) is 0 Å². The number of amides is 2. The number of ether oxygens (including phenoxy) is 1. The highest BCUT2D eigenvalue weighted by Gasteiger charge is 2.53. The first-order valence-corrected chi connectivity index (χ1v) is 7.77. The fraction of sp³-hybridized carbons (Fsp3) is 0.471. The molecule has 23 heavy (non-hydrogen) atoms. The van der Waals surface area contributed by atoms with Gasteiger partial charge in [0.2, 0.25) is 11.8 Å². The standard InChI is InChI=1S/C17H22N2O4/c1-3-23-16(22)17(9-10-17)19-15(21)14(18-12(2)20)11-13-7-5-4-6-8-13/h4-8,14H,3,9-11H2,1-2H3,(H,18,20)(H,19,21)/t14-/m0/s1. The Morgan fingerprint density at radius 2 is 1.87 bits per heavy atom. The minimum atomic E-state index is -0.916. The first kappa shape index (κ1) is 17.0. The van der Waals surface area contributed by atoms with E-state index in [-0.39, 0.29) is 18.4 Å². The maximum absolute atomic E-state index is 12.5. The average Bonchev–Trinajstić information content (AvgIpc) is 3.28. The van der Waals surface area contributed by atoms with Crippen molar-refractivity contribution in [2.24, 2.45) is 0 Å². The third-order valence-electron chi connectivity index (χ3n) is 3.76. The molecule has 1 aliphatic rings. The highest BCUT2D eigenvalue weighted by atomic mass is 16.5. The van der Waals surface area contributed by atoms with Crippen molar-refractivity contribution in [2.45, 2.75) is 44.7 Å². The zero-order valence-electron chi connectivity index (χ0n) is 13.4. The molecule has 2 amide bonds. The van der Waals surface area contributed by atoms with Gasteiger partial charge in [0.05, 0.1) is 6.61 Å². The molecule has 0 spiro atoms. The van der Waals surface area contributed by atoms with Crippen LogP contribution in [0.2, 0.25) is 0 Å². The minimum absolute atomic E-state index is 0.273. The normalized spacial score (nSPS) is 16.1. The molecule has 1 aliphatic carbocycles. The van der Waals surface area contributed by atoms with Crippen molar-refractivity contribution in [1.82, 2.24) is 10.6 Å². The van der Waals surface area contributed by atoms with Gasteiger partial charge in [-0.3, -0.25) is 9.59 Å². The van der Waals surface area contributed by atoms with Gasteiger partial charge in [-0.2, -0.15) is 0 Å². The van der Waals surface area contributed by atoms with E-state index in [1.165, 1.54) is 6.92 Å². The highest BCUT2D eigenvalue weighted by molar-refractivity contribution is 5.94. The molecule has 0 bridgehead atoms. The Morgan fingerprint density at radius 3 is 2.39 bits per heavy atom. The van der Waals surface area contributed by atoms with Gasteiger partial charge < -0.3 is 15.4 Å². The predicted molar refractivity (Wildman–Crippen MR) is 84.5 cm³/mol. The predicted octanol–water partition coefficient (Wildman–Crippen LogP) is 0.946. The summed E-state index contributed by atoms with van der Waals surface area (Å²) in [5.41, 5.74) is 0.0166. The Labute approximate surface area is 135 Å². The number of hydrogen-bond donors (Lipinski definition) is 2. The molecular formula is C17H22N2O4. The van der Waals surface area contributed by atoms with E-state index < -0.39 is 17.6 Å². The second-order valence-corrected chi connectivity index (χ2v) is 5.73. The Balaban J connectivity index is 2.05. The fourth-order valence-corrected chi connectivity index (χ4v) is 2.40. The van der Waals surface area contributed by atoms with E-state index >= 15 is 0 Å². The zero-order chi connectivity index (χ0) is 16.9. The smallest absolute Gasteiger partial charge is 0.331 e. The first-order valence-electron chi connectivity index (χ1n) is 7.77. The van der Waals surface area contributed by atoms with Crippen LogP contribution in [-0.2, 0) is 25.5 Å². The summed E-state index contributed by atoms with van der Waals surface area (Å²) in [6.45, 7) is 3.37. The summed E-state index contributed by atoms with van der Waals surface area (Å²) in [4.78, 5) is 35.8. The molecule has 2 N–H and O–H groups in total. The SMILES string of the molecule is CCOC(=O)C1(NC(=O)[C@H](Cc2ccccc2)NC(C)=O)CC1. The lowest BCUT2D eigenvalue weighted by atomic mass is 10.0. The summed E-state index contributed by atoms with van der Waals surface area (Å²) in [6, 6.07) is 8.69. The van der Waals surface area contributed by atoms with Crippen molar-refractivity contribution >= 4 is 17.8 Å². The van der Waals surface area contributed by atoms with Crippen LogP contribution < -0.4 is 10.6 Å². The topological polar surface area (TPSA) is 84.5 Å². The highest BCUT2D eigenvalue weighted by Crippen LogP contribution is 2.36. The van der Waals surface area contributed by atoms with Gasteiger partial charge in [0.1, 0.15) is 11.6 Å². The summed E-state index contributed by atoms with van der Waals surface area (Å²) >= 11 is 0. The average molecular weight is 318 g/mol. The molecule has 1 atom stereocenters. The molecule has 0 saturated heterocycles. The Bertz CT molecular complexity index is 582. The van der Waals surface area contributed by atoms with E-state index in [1.54, 1.807) is 6.92 Å². The summed E-state index contributed by atoms with van der Waals surface area (Å²) in [7, 11) is 0. The van der Waals surface area contributed by atoms with Gasteiger partial charge in [-0.25, -0.2) is 4.79 Å². The van der Waals surface area contributed by atoms with E-state index in [1.807, 2.05) is 30.3 Å². The molecule has 0 aliphatic heterocycles. The van der Waals surface area contributed by atoms with Gasteiger partial charge in [0, 0.05) is 13.3 Å². The molecule has 0 heterocycles. The molecule has 1 fully saturated rings. The van der Waals surface area contributed by atoms with Crippen molar-refractivity contribution in [2.75, 3.05) is 6.61 Å². The van der Waals surface area contributed by atoms with E-state index in [2.05, 4.69) is 10.6 Å². The van der Waals surface area contributed by atoms with Crippen molar-refractivity contribution in [3.63, 3.8) is 0 Å². The number of benzene rings is 1. The van der Waals surface area contributed by atoms with Gasteiger partial charge in [0.15, 0.2) is 0 Å². The van der Waals surface area contributed by atoms with Crippen LogP contribution in [0.1, 0.15) is 32.3 Å². The van der Waals surface area contributed by atoms with Gasteiger partial charge >= 0.3 is 5.97 Å². The lowest BCUT2D eigenvalue weighted by molar-refractivity contribution is -0.149. The van der Waals surface area contributed by atoms with Crippen LogP contribution in [0.5, 0.6) is 0 Å². The van der Waals surface area contributed by atoms with Gasteiger partial charge in [0.25, 0.3) is 0 Å². The van der Waals surface area contributed by atoms with Crippen molar-refractivity contribution in [1.29, 1.82) is 0 Å². The van der Waals surface area contributed by atoms with E-state index in [0.717, 1.165) is 5.56 Å². The number of nitrogens with one attached hydrogen (secondary N) is 2. The number of carbonyl (C=O) groups excluding carboxylic acids is 3. The Kier molecular flexibility index (Phi) is 5.36. The fourth-order valence-electron chi connectivity index (χ4n) is 2.40. The van der Waals surface area contributed by atoms with Crippen LogP contribution in [0.3, 0.4) is 0 Å². The lowest BCUT2D eigenvalue weighted by Gasteiger charge is -2.22. The summed E-state index contributed by atoms with van der Waals surface area (Å²) in [6.07, 6.45) is 1.50. The van der Waals surface area contributed by atoms with E-state index in [4.69, 9.17) is 4.74 Å². The molecule has 124 valence electrons. The maximum Gasteiger partial charge on any atom is 0.331 e. The monoisotopic (exact) mass is 318 g/mol. The second-order valence-electron chi connectivity index (χ2n) is 5.73. The number of carbonyl (C=O) groups is 3. The van der Waals surface area contributed by atoms with Crippen molar-refractivity contribution < 1.29 is 19.1 Å². The second kappa shape index (κ2) is 7.26. The first-order chi connectivity index (χ1) is 11.0. The zero-order valence-corrected chi connectivity index (χ0v) is 13.4. The van der Waals surface area contributed by atoms with Gasteiger partial charge in [-0.1, -0.05) is 30.3 Å². The van der Waals surface area contributed by atoms with E-state index in [9.17, 15) is 14.4 Å². The Hall–Kier alpha value is -2.37. The molecule has 2 rings (SSSR count). The summed E-state index contributed by atoms with van der Waals surface area (Å²) in [5.74, 6) is -1.06. The van der Waals surface area contributed by atoms with E-state index in [0.29, 0.717) is 19.3 Å². The summed E-state index contributed by atoms with van der Waals surface area (Å²) in [5, 5.41) is 5.40. The van der Waals surface area contributed by atoms with Crippen LogP contribution in [-0.4, -0.2) is 36.0 Å². The van der Waals surface area contributed by atoms with Crippen LogP contribution in [0, 0.1) is 0 Å². The van der Waals surface area contributed by atoms with Crippen LogP contribution in [0.4, 0.5) is 0 Å². The molecule has 0 aromatic heterocycles. The number of rotatable bonds is 7. The molecule has 1 saturated carbocycles. The Morgan fingerprint density at radius 1 is 1.22 bits per heavy atom. The largest absolute Gasteiger partial charge is 0.464 e. The molecular weight excluding hydrogens is 296 g/mol. The van der Waals surface area contributed by atoms with Crippen LogP contribution in [0.15, 0.2) is 30.3 Å². The maximum atomic E-state index is 12.5. The third kappa shape index (κ3) is 4.55. The lowest BCUT2D eigenvalue weighted by Crippen LogP contribution is -2.53. The summed E-state index contributed by atoms with van der Waals surface area (Å²) < 4.78 is 5.01. The van der Waals surface area contributed by atoms with Crippen LogP contribution in [0.25, 0.3) is 0 Å². The number of hydrogen-bond acceptors (Lipinski definition) is 4. The molecule has 1 aromatic rings. The minimum Gasteiger partial charge on any atom is -0.464 e. The molecule has 1 aromatic carbocycles. The molecule has 6 heteroatoms. The molecule has 6 nitrogen and oxygen atoms in total. The quantitative estimate of drug-likeness (QED) is 0.733. The molecule has 0 radical (unpaired) electrons. The van der Waals surface area contributed by atoms with Gasteiger partial charge in [-0.05, 0) is 25.3 Å². The number of esters is 1.